The summed E-state index contributed by atoms with van der Waals surface area (Å²) in [6, 6.07) is 14.4. The van der Waals surface area contributed by atoms with Crippen molar-refractivity contribution < 1.29 is 4.42 Å². The maximum Gasteiger partial charge on any atom is 0.134 e. The third-order valence-electron chi connectivity index (χ3n) is 4.27. The van der Waals surface area contributed by atoms with Crippen molar-refractivity contribution in [3.63, 3.8) is 0 Å². The van der Waals surface area contributed by atoms with Gasteiger partial charge in [0, 0.05) is 12.1 Å². The second-order valence-corrected chi connectivity index (χ2v) is 5.81. The topological polar surface area (TPSA) is 28.4 Å². The summed E-state index contributed by atoms with van der Waals surface area (Å²) in [5, 5.41) is 3.53. The van der Waals surface area contributed by atoms with Gasteiger partial charge in [0.25, 0.3) is 0 Å². The lowest BCUT2D eigenvalue weighted by Crippen LogP contribution is -2.26. The highest BCUT2D eigenvalue weighted by Crippen LogP contribution is 2.21. The van der Waals surface area contributed by atoms with E-state index >= 15 is 0 Å². The Balaban J connectivity index is 1.47. The highest BCUT2D eigenvalue weighted by molar-refractivity contribution is 5.57. The van der Waals surface area contributed by atoms with Crippen LogP contribution in [0.2, 0.25) is 0 Å². The average Bonchev–Trinajstić information content (AvgIpc) is 3.17. The van der Waals surface area contributed by atoms with E-state index in [9.17, 15) is 0 Å². The molecule has 1 N–H and O–H groups in total. The van der Waals surface area contributed by atoms with E-state index in [0.717, 1.165) is 36.1 Å². The van der Waals surface area contributed by atoms with E-state index < -0.39 is 0 Å². The average molecular weight is 284 g/mol. The summed E-state index contributed by atoms with van der Waals surface area (Å²) in [6.07, 6.45) is 1.31. The molecule has 2 heterocycles. The fourth-order valence-corrected chi connectivity index (χ4v) is 3.00. The van der Waals surface area contributed by atoms with Gasteiger partial charge in [-0.25, -0.2) is 0 Å². The molecule has 3 nitrogen and oxygen atoms in total. The van der Waals surface area contributed by atoms with Crippen molar-refractivity contribution in [3.8, 4) is 11.3 Å². The monoisotopic (exact) mass is 284 g/mol. The molecule has 1 saturated heterocycles. The molecule has 21 heavy (non-hydrogen) atoms. The van der Waals surface area contributed by atoms with Crippen molar-refractivity contribution in [2.45, 2.75) is 19.9 Å². The number of hydrogen-bond acceptors (Lipinski definition) is 3. The Hall–Kier alpha value is -1.58. The molecule has 0 spiro atoms. The van der Waals surface area contributed by atoms with Crippen molar-refractivity contribution >= 4 is 0 Å². The summed E-state index contributed by atoms with van der Waals surface area (Å²) in [5.74, 6) is 2.75. The van der Waals surface area contributed by atoms with Gasteiger partial charge in [-0.1, -0.05) is 37.3 Å². The number of rotatable bonds is 6. The van der Waals surface area contributed by atoms with Crippen LogP contribution in [-0.2, 0) is 6.54 Å². The number of hydrogen-bond donors (Lipinski definition) is 1. The van der Waals surface area contributed by atoms with Crippen LogP contribution in [0.25, 0.3) is 11.3 Å². The molecular weight excluding hydrogens is 260 g/mol. The van der Waals surface area contributed by atoms with Crippen molar-refractivity contribution in [3.05, 3.63) is 48.2 Å². The van der Waals surface area contributed by atoms with Gasteiger partial charge < -0.3 is 14.6 Å². The van der Waals surface area contributed by atoms with Gasteiger partial charge in [-0.2, -0.15) is 0 Å². The van der Waals surface area contributed by atoms with Gasteiger partial charge in [-0.15, -0.1) is 0 Å². The highest BCUT2D eigenvalue weighted by atomic mass is 16.3. The third kappa shape index (κ3) is 3.74. The summed E-state index contributed by atoms with van der Waals surface area (Å²) in [6.45, 7) is 7.80. The van der Waals surface area contributed by atoms with Crippen LogP contribution in [-0.4, -0.2) is 31.1 Å². The SMILES string of the molecule is CCN1CCC(CNCc2ccc(-c3ccccc3)o2)C1. The molecule has 0 bridgehead atoms. The predicted molar refractivity (Wildman–Crippen MR) is 86.1 cm³/mol. The Labute approximate surface area is 127 Å². The number of furan rings is 1. The first-order valence-electron chi connectivity index (χ1n) is 7.92. The summed E-state index contributed by atoms with van der Waals surface area (Å²) < 4.78 is 5.90. The molecule has 1 aromatic carbocycles. The van der Waals surface area contributed by atoms with Crippen molar-refractivity contribution in [2.24, 2.45) is 5.92 Å². The van der Waals surface area contributed by atoms with E-state index in [4.69, 9.17) is 4.42 Å². The predicted octanol–water partition coefficient (Wildman–Crippen LogP) is 3.38. The molecule has 1 fully saturated rings. The Morgan fingerprint density at radius 1 is 1.19 bits per heavy atom. The molecular formula is C18H24N2O. The molecule has 1 aromatic heterocycles. The van der Waals surface area contributed by atoms with Crippen molar-refractivity contribution in [2.75, 3.05) is 26.2 Å². The van der Waals surface area contributed by atoms with E-state index in [2.05, 4.69) is 41.4 Å². The molecule has 112 valence electrons. The van der Waals surface area contributed by atoms with Gasteiger partial charge in [0.1, 0.15) is 11.5 Å². The lowest BCUT2D eigenvalue weighted by Gasteiger charge is -2.13. The first kappa shape index (κ1) is 14.4. The smallest absolute Gasteiger partial charge is 0.134 e. The molecule has 0 aliphatic carbocycles. The molecule has 1 aliphatic heterocycles. The molecule has 0 radical (unpaired) electrons. The molecule has 3 heteroatoms. The molecule has 1 atom stereocenters. The minimum absolute atomic E-state index is 0.786. The van der Waals surface area contributed by atoms with Crippen LogP contribution in [0, 0.1) is 5.92 Å². The van der Waals surface area contributed by atoms with E-state index in [1.807, 2.05) is 18.2 Å². The highest BCUT2D eigenvalue weighted by Gasteiger charge is 2.20. The van der Waals surface area contributed by atoms with Crippen LogP contribution in [0.3, 0.4) is 0 Å². The van der Waals surface area contributed by atoms with Gasteiger partial charge in [0.15, 0.2) is 0 Å². The lowest BCUT2D eigenvalue weighted by atomic mass is 10.1. The fourth-order valence-electron chi connectivity index (χ4n) is 3.00. The van der Waals surface area contributed by atoms with Crippen molar-refractivity contribution in [1.29, 1.82) is 0 Å². The van der Waals surface area contributed by atoms with E-state index in [0.29, 0.717) is 0 Å². The van der Waals surface area contributed by atoms with Gasteiger partial charge in [0.2, 0.25) is 0 Å². The van der Waals surface area contributed by atoms with E-state index in [-0.39, 0.29) is 0 Å². The van der Waals surface area contributed by atoms with Crippen LogP contribution < -0.4 is 5.32 Å². The zero-order chi connectivity index (χ0) is 14.5. The first-order valence-corrected chi connectivity index (χ1v) is 7.92. The normalized spacial score (nSPS) is 19.2. The zero-order valence-electron chi connectivity index (χ0n) is 12.7. The molecule has 2 aromatic rings. The van der Waals surface area contributed by atoms with Gasteiger partial charge in [-0.3, -0.25) is 0 Å². The lowest BCUT2D eigenvalue weighted by molar-refractivity contribution is 0.337. The van der Waals surface area contributed by atoms with Gasteiger partial charge >= 0.3 is 0 Å². The Kier molecular flexibility index (Phi) is 4.73. The van der Waals surface area contributed by atoms with E-state index in [1.165, 1.54) is 26.1 Å². The minimum atomic E-state index is 0.786. The summed E-state index contributed by atoms with van der Waals surface area (Å²) in [4.78, 5) is 2.52. The maximum absolute atomic E-state index is 5.90. The van der Waals surface area contributed by atoms with Crippen LogP contribution in [0.4, 0.5) is 0 Å². The number of nitrogens with one attached hydrogen (secondary N) is 1. The molecule has 0 amide bonds. The third-order valence-corrected chi connectivity index (χ3v) is 4.27. The first-order chi connectivity index (χ1) is 10.3. The summed E-state index contributed by atoms with van der Waals surface area (Å²) in [7, 11) is 0. The Morgan fingerprint density at radius 3 is 2.81 bits per heavy atom. The summed E-state index contributed by atoms with van der Waals surface area (Å²) >= 11 is 0. The Bertz CT molecular complexity index is 549. The van der Waals surface area contributed by atoms with E-state index in [1.54, 1.807) is 0 Å². The number of likely N-dealkylation sites (tertiary alicyclic amines) is 1. The molecule has 1 aliphatic rings. The fraction of sp³-hybridized carbons (Fsp3) is 0.444. The molecule has 0 saturated carbocycles. The maximum atomic E-state index is 5.90. The quantitative estimate of drug-likeness (QED) is 0.881. The van der Waals surface area contributed by atoms with Gasteiger partial charge in [0.05, 0.1) is 6.54 Å². The minimum Gasteiger partial charge on any atom is -0.460 e. The molecule has 3 rings (SSSR count). The van der Waals surface area contributed by atoms with Crippen LogP contribution in [0.15, 0.2) is 46.9 Å². The van der Waals surface area contributed by atoms with Crippen LogP contribution in [0.5, 0.6) is 0 Å². The standard InChI is InChI=1S/C18H24N2O/c1-2-20-11-10-15(14-20)12-19-13-17-8-9-18(21-17)16-6-4-3-5-7-16/h3-9,15,19H,2,10-14H2,1H3. The van der Waals surface area contributed by atoms with Crippen molar-refractivity contribution in [1.82, 2.24) is 10.2 Å². The second kappa shape index (κ2) is 6.92. The number of nitrogens with zero attached hydrogens (tertiary/aromatic N) is 1. The summed E-state index contributed by atoms with van der Waals surface area (Å²) in [5.41, 5.74) is 1.14. The Morgan fingerprint density at radius 2 is 2.05 bits per heavy atom. The second-order valence-electron chi connectivity index (χ2n) is 5.81. The number of benzene rings is 1. The molecule has 1 unspecified atom stereocenters. The zero-order valence-corrected chi connectivity index (χ0v) is 12.7. The van der Waals surface area contributed by atoms with Crippen LogP contribution >= 0.6 is 0 Å². The van der Waals surface area contributed by atoms with Crippen LogP contribution in [0.1, 0.15) is 19.1 Å². The van der Waals surface area contributed by atoms with Gasteiger partial charge in [-0.05, 0) is 44.1 Å². The largest absolute Gasteiger partial charge is 0.460 e.